The van der Waals surface area contributed by atoms with Gasteiger partial charge in [-0.25, -0.2) is 0 Å². The van der Waals surface area contributed by atoms with Crippen LogP contribution in [0.2, 0.25) is 0 Å². The normalized spacial score (nSPS) is 32.0. The van der Waals surface area contributed by atoms with Crippen LogP contribution in [0, 0.1) is 5.41 Å². The van der Waals surface area contributed by atoms with E-state index in [1.165, 1.54) is 45.2 Å². The van der Waals surface area contributed by atoms with E-state index < -0.39 is 0 Å². The summed E-state index contributed by atoms with van der Waals surface area (Å²) in [6.07, 6.45) is 7.37. The maximum atomic E-state index is 3.50. The van der Waals surface area contributed by atoms with Crippen LogP contribution >= 0.6 is 0 Å². The Kier molecular flexibility index (Phi) is 1.26. The smallest absolute Gasteiger partial charge is 0.000781 e. The number of nitrogens with one attached hydrogen (secondary N) is 1. The van der Waals surface area contributed by atoms with Gasteiger partial charge in [-0.3, -0.25) is 0 Å². The summed E-state index contributed by atoms with van der Waals surface area (Å²) in [6, 6.07) is 0. The van der Waals surface area contributed by atoms with Gasteiger partial charge in [0.15, 0.2) is 0 Å². The molecule has 2 aliphatic rings. The molecule has 0 radical (unpaired) electrons. The van der Waals surface area contributed by atoms with Crippen molar-refractivity contribution in [3.63, 3.8) is 0 Å². The van der Waals surface area contributed by atoms with E-state index >= 15 is 0 Å². The summed E-state index contributed by atoms with van der Waals surface area (Å²) in [6.45, 7) is 2.58. The Morgan fingerprint density at radius 1 is 1.00 bits per heavy atom. The van der Waals surface area contributed by atoms with Crippen molar-refractivity contribution in [3.8, 4) is 0 Å². The van der Waals surface area contributed by atoms with Crippen LogP contribution in [-0.4, -0.2) is 13.1 Å². The third kappa shape index (κ3) is 1.11. The first-order valence-electron chi connectivity index (χ1n) is 4.12. The van der Waals surface area contributed by atoms with Crippen molar-refractivity contribution in [1.82, 2.24) is 5.32 Å². The Morgan fingerprint density at radius 3 is 2.67 bits per heavy atom. The molecule has 0 aromatic heterocycles. The zero-order valence-electron chi connectivity index (χ0n) is 5.95. The lowest BCUT2D eigenvalue weighted by molar-refractivity contribution is 0.461. The molecule has 1 heterocycles. The van der Waals surface area contributed by atoms with Gasteiger partial charge in [0.2, 0.25) is 0 Å². The highest BCUT2D eigenvalue weighted by atomic mass is 14.9. The van der Waals surface area contributed by atoms with Crippen LogP contribution in [-0.2, 0) is 0 Å². The van der Waals surface area contributed by atoms with Gasteiger partial charge in [-0.15, -0.1) is 0 Å². The molecule has 1 aliphatic carbocycles. The quantitative estimate of drug-likeness (QED) is 0.518. The molecule has 0 aromatic carbocycles. The summed E-state index contributed by atoms with van der Waals surface area (Å²) in [5.74, 6) is 0. The lowest BCUT2D eigenvalue weighted by Crippen LogP contribution is -2.21. The molecular weight excluding hydrogens is 110 g/mol. The fraction of sp³-hybridized carbons (Fsp3) is 1.00. The minimum Gasteiger partial charge on any atom is -0.316 e. The SMILES string of the molecule is C1CCC2(CC2)CNC1. The van der Waals surface area contributed by atoms with E-state index in [1.807, 2.05) is 0 Å². The predicted molar refractivity (Wildman–Crippen MR) is 38.4 cm³/mol. The molecule has 1 aliphatic heterocycles. The van der Waals surface area contributed by atoms with Gasteiger partial charge < -0.3 is 5.32 Å². The minimum atomic E-state index is 0.802. The molecule has 0 amide bonds. The Bertz CT molecular complexity index is 95.1. The summed E-state index contributed by atoms with van der Waals surface area (Å²) in [7, 11) is 0. The first kappa shape index (κ1) is 5.72. The van der Waals surface area contributed by atoms with Gasteiger partial charge in [-0.05, 0) is 37.6 Å². The fourth-order valence-electron chi connectivity index (χ4n) is 1.80. The van der Waals surface area contributed by atoms with Crippen LogP contribution in [0.5, 0.6) is 0 Å². The van der Waals surface area contributed by atoms with Crippen molar-refractivity contribution >= 4 is 0 Å². The van der Waals surface area contributed by atoms with Gasteiger partial charge in [0, 0.05) is 6.54 Å². The third-order valence-electron chi connectivity index (χ3n) is 2.77. The fourth-order valence-corrected chi connectivity index (χ4v) is 1.80. The van der Waals surface area contributed by atoms with Crippen LogP contribution in [0.15, 0.2) is 0 Å². The predicted octanol–water partition coefficient (Wildman–Crippen LogP) is 1.54. The zero-order chi connectivity index (χ0) is 6.16. The highest BCUT2D eigenvalue weighted by Crippen LogP contribution is 2.49. The average molecular weight is 125 g/mol. The average Bonchev–Trinajstić information content (AvgIpc) is 2.64. The zero-order valence-corrected chi connectivity index (χ0v) is 5.95. The van der Waals surface area contributed by atoms with Crippen molar-refractivity contribution in [3.05, 3.63) is 0 Å². The van der Waals surface area contributed by atoms with Crippen LogP contribution in [0.1, 0.15) is 32.1 Å². The molecule has 1 spiro atoms. The van der Waals surface area contributed by atoms with E-state index in [0.29, 0.717) is 0 Å². The summed E-state index contributed by atoms with van der Waals surface area (Å²) in [4.78, 5) is 0. The van der Waals surface area contributed by atoms with Crippen LogP contribution < -0.4 is 5.32 Å². The van der Waals surface area contributed by atoms with Crippen LogP contribution in [0.4, 0.5) is 0 Å². The van der Waals surface area contributed by atoms with E-state index in [-0.39, 0.29) is 0 Å². The number of rotatable bonds is 0. The lowest BCUT2D eigenvalue weighted by atomic mass is 10.0. The second kappa shape index (κ2) is 1.98. The van der Waals surface area contributed by atoms with Gasteiger partial charge in [0.05, 0.1) is 0 Å². The molecule has 1 saturated carbocycles. The lowest BCUT2D eigenvalue weighted by Gasteiger charge is -2.08. The minimum absolute atomic E-state index is 0.802. The Morgan fingerprint density at radius 2 is 1.89 bits per heavy atom. The van der Waals surface area contributed by atoms with E-state index in [9.17, 15) is 0 Å². The van der Waals surface area contributed by atoms with Gasteiger partial charge in [0.1, 0.15) is 0 Å². The standard InChI is InChI=1S/C8H15N/c1-2-6-9-7-8(3-1)4-5-8/h9H,1-7H2. The first-order chi connectivity index (χ1) is 4.41. The second-order valence-electron chi connectivity index (χ2n) is 3.63. The number of hydrogen-bond acceptors (Lipinski definition) is 1. The Labute approximate surface area is 56.8 Å². The van der Waals surface area contributed by atoms with E-state index in [2.05, 4.69) is 5.32 Å². The van der Waals surface area contributed by atoms with Gasteiger partial charge in [0.25, 0.3) is 0 Å². The maximum Gasteiger partial charge on any atom is 0.000781 e. The molecule has 1 saturated heterocycles. The van der Waals surface area contributed by atoms with Gasteiger partial charge in [-0.2, -0.15) is 0 Å². The van der Waals surface area contributed by atoms with E-state index in [1.54, 1.807) is 0 Å². The van der Waals surface area contributed by atoms with E-state index in [4.69, 9.17) is 0 Å². The molecular formula is C8H15N. The first-order valence-corrected chi connectivity index (χ1v) is 4.12. The molecule has 2 fully saturated rings. The number of hydrogen-bond donors (Lipinski definition) is 1. The molecule has 0 aromatic rings. The van der Waals surface area contributed by atoms with Crippen molar-refractivity contribution in [1.29, 1.82) is 0 Å². The highest BCUT2D eigenvalue weighted by molar-refractivity contribution is 4.95. The van der Waals surface area contributed by atoms with Crippen LogP contribution in [0.25, 0.3) is 0 Å². The largest absolute Gasteiger partial charge is 0.316 e. The topological polar surface area (TPSA) is 12.0 Å². The van der Waals surface area contributed by atoms with Crippen molar-refractivity contribution in [2.45, 2.75) is 32.1 Å². The molecule has 1 heteroatoms. The van der Waals surface area contributed by atoms with Gasteiger partial charge in [-0.1, -0.05) is 6.42 Å². The second-order valence-corrected chi connectivity index (χ2v) is 3.63. The molecule has 52 valence electrons. The Hall–Kier alpha value is -0.0400. The maximum absolute atomic E-state index is 3.50. The molecule has 9 heavy (non-hydrogen) atoms. The molecule has 1 N–H and O–H groups in total. The van der Waals surface area contributed by atoms with Crippen molar-refractivity contribution < 1.29 is 0 Å². The summed E-state index contributed by atoms with van der Waals surface area (Å²) >= 11 is 0. The highest BCUT2D eigenvalue weighted by Gasteiger charge is 2.41. The molecule has 1 nitrogen and oxygen atoms in total. The summed E-state index contributed by atoms with van der Waals surface area (Å²) in [5, 5.41) is 3.50. The van der Waals surface area contributed by atoms with Crippen molar-refractivity contribution in [2.24, 2.45) is 5.41 Å². The summed E-state index contributed by atoms with van der Waals surface area (Å²) in [5.41, 5.74) is 0.802. The molecule has 0 atom stereocenters. The van der Waals surface area contributed by atoms with E-state index in [0.717, 1.165) is 5.41 Å². The molecule has 2 rings (SSSR count). The monoisotopic (exact) mass is 125 g/mol. The molecule has 0 bridgehead atoms. The van der Waals surface area contributed by atoms with Crippen LogP contribution in [0.3, 0.4) is 0 Å². The Balaban J connectivity index is 1.92. The van der Waals surface area contributed by atoms with Gasteiger partial charge >= 0.3 is 0 Å². The van der Waals surface area contributed by atoms with Crippen molar-refractivity contribution in [2.75, 3.05) is 13.1 Å². The summed E-state index contributed by atoms with van der Waals surface area (Å²) < 4.78 is 0. The third-order valence-corrected chi connectivity index (χ3v) is 2.77. The molecule has 0 unspecified atom stereocenters.